The largest absolute Gasteiger partial charge is 0.453 e. The van der Waals surface area contributed by atoms with E-state index in [-0.39, 0.29) is 5.91 Å². The predicted molar refractivity (Wildman–Crippen MR) is 172 cm³/mol. The molecule has 4 aromatic carbocycles. The average molecular weight is 587 g/mol. The number of hydrogen-bond donors (Lipinski definition) is 4. The summed E-state index contributed by atoms with van der Waals surface area (Å²) in [6.07, 6.45) is 5.73. The highest BCUT2D eigenvalue weighted by Crippen LogP contribution is 2.37. The van der Waals surface area contributed by atoms with Crippen LogP contribution in [0.4, 0.5) is 4.79 Å². The minimum absolute atomic E-state index is 0.264. The maximum Gasteiger partial charge on any atom is 0.407 e. The third kappa shape index (κ3) is 5.04. The molecular weight excluding hydrogens is 552 g/mol. The number of benzene rings is 4. The Bertz CT molecular complexity index is 2000. The Hall–Kier alpha value is -5.18. The summed E-state index contributed by atoms with van der Waals surface area (Å²) < 4.78 is 4.66. The Kier molecular flexibility index (Phi) is 7.00. The van der Waals surface area contributed by atoms with E-state index in [1.807, 2.05) is 6.07 Å². The molecule has 1 aliphatic carbocycles. The van der Waals surface area contributed by atoms with Crippen LogP contribution in [0.15, 0.2) is 79.1 Å². The van der Waals surface area contributed by atoms with Gasteiger partial charge in [0.1, 0.15) is 11.9 Å². The van der Waals surface area contributed by atoms with Gasteiger partial charge in [-0.1, -0.05) is 67.8 Å². The van der Waals surface area contributed by atoms with Crippen LogP contribution >= 0.6 is 0 Å². The van der Waals surface area contributed by atoms with Crippen molar-refractivity contribution in [2.24, 2.45) is 0 Å². The van der Waals surface area contributed by atoms with Crippen LogP contribution in [-0.4, -0.2) is 45.1 Å². The van der Waals surface area contributed by atoms with E-state index in [4.69, 9.17) is 4.98 Å². The van der Waals surface area contributed by atoms with Crippen molar-refractivity contribution in [2.45, 2.75) is 50.6 Å². The van der Waals surface area contributed by atoms with E-state index in [0.717, 1.165) is 93.0 Å². The zero-order valence-corrected chi connectivity index (χ0v) is 24.7. The Balaban J connectivity index is 1.14. The lowest BCUT2D eigenvalue weighted by atomic mass is 9.80. The van der Waals surface area contributed by atoms with Crippen LogP contribution in [0.1, 0.15) is 44.9 Å². The van der Waals surface area contributed by atoms with Gasteiger partial charge in [0.2, 0.25) is 5.91 Å². The number of alkyl carbamates (subject to hydrolysis) is 1. The van der Waals surface area contributed by atoms with E-state index in [0.29, 0.717) is 0 Å². The Morgan fingerprint density at radius 2 is 1.57 bits per heavy atom. The number of carbonyl (C=O) groups is 2. The van der Waals surface area contributed by atoms with Crippen LogP contribution in [-0.2, 0) is 15.1 Å². The number of H-pyrrole nitrogens is 2. The van der Waals surface area contributed by atoms with Crippen LogP contribution in [0.25, 0.3) is 55.1 Å². The molecule has 1 saturated carbocycles. The molecule has 0 saturated heterocycles. The molecule has 2 amide bonds. The Labute approximate surface area is 254 Å². The summed E-state index contributed by atoms with van der Waals surface area (Å²) in [5, 5.41) is 8.07. The molecule has 222 valence electrons. The smallest absolute Gasteiger partial charge is 0.407 e. The molecule has 4 N–H and O–H groups in total. The summed E-state index contributed by atoms with van der Waals surface area (Å²) in [5.41, 5.74) is 7.66. The van der Waals surface area contributed by atoms with Gasteiger partial charge in [-0.3, -0.25) is 4.79 Å². The lowest BCUT2D eigenvalue weighted by molar-refractivity contribution is -0.125. The normalized spacial score (nSPS) is 15.3. The number of fused-ring (bicyclic) bond motifs is 4. The molecule has 9 nitrogen and oxygen atoms in total. The topological polar surface area (TPSA) is 125 Å². The summed E-state index contributed by atoms with van der Waals surface area (Å²) in [6.45, 7) is 1.65. The summed E-state index contributed by atoms with van der Waals surface area (Å²) >= 11 is 0. The van der Waals surface area contributed by atoms with Gasteiger partial charge < -0.3 is 25.3 Å². The number of aromatic amines is 2. The third-order valence-electron chi connectivity index (χ3n) is 8.87. The van der Waals surface area contributed by atoms with Gasteiger partial charge in [-0.05, 0) is 71.7 Å². The van der Waals surface area contributed by atoms with Crippen LogP contribution in [0, 0.1) is 0 Å². The molecular formula is C35H34N6O3. The third-order valence-corrected chi connectivity index (χ3v) is 8.87. The van der Waals surface area contributed by atoms with Crippen molar-refractivity contribution in [2.75, 3.05) is 7.11 Å². The van der Waals surface area contributed by atoms with Crippen LogP contribution < -0.4 is 10.6 Å². The molecule has 0 spiro atoms. The maximum absolute atomic E-state index is 13.1. The second-order valence-corrected chi connectivity index (χ2v) is 11.7. The first-order chi connectivity index (χ1) is 21.4. The number of aromatic nitrogens is 4. The first-order valence-corrected chi connectivity index (χ1v) is 15.1. The highest BCUT2D eigenvalue weighted by molar-refractivity contribution is 6.05. The van der Waals surface area contributed by atoms with Gasteiger partial charge in [0, 0.05) is 5.39 Å². The maximum atomic E-state index is 13.1. The molecule has 1 atom stereocenters. The van der Waals surface area contributed by atoms with Crippen molar-refractivity contribution in [1.82, 2.24) is 30.6 Å². The fourth-order valence-electron chi connectivity index (χ4n) is 6.41. The lowest BCUT2D eigenvalue weighted by Gasteiger charge is -2.37. The van der Waals surface area contributed by atoms with E-state index < -0.39 is 17.7 Å². The predicted octanol–water partition coefficient (Wildman–Crippen LogP) is 6.95. The number of imidazole rings is 2. The molecule has 44 heavy (non-hydrogen) atoms. The Morgan fingerprint density at radius 3 is 2.32 bits per heavy atom. The number of hydrogen-bond acceptors (Lipinski definition) is 5. The van der Waals surface area contributed by atoms with E-state index in [1.165, 1.54) is 7.11 Å². The zero-order valence-electron chi connectivity index (χ0n) is 24.7. The molecule has 0 bridgehead atoms. The zero-order chi connectivity index (χ0) is 30.3. The number of ether oxygens (including phenoxy) is 1. The summed E-state index contributed by atoms with van der Waals surface area (Å²) in [6, 6.07) is 24.8. The van der Waals surface area contributed by atoms with Crippen LogP contribution in [0.5, 0.6) is 0 Å². The molecule has 0 radical (unpaired) electrons. The minimum atomic E-state index is -0.734. The number of nitrogens with zero attached hydrogens (tertiary/aromatic N) is 2. The van der Waals surface area contributed by atoms with Crippen LogP contribution in [0.3, 0.4) is 0 Å². The van der Waals surface area contributed by atoms with Gasteiger partial charge in [-0.25, -0.2) is 14.8 Å². The first kappa shape index (κ1) is 27.6. The molecule has 6 aromatic rings. The molecule has 1 fully saturated rings. The van der Waals surface area contributed by atoms with E-state index >= 15 is 0 Å². The molecule has 7 rings (SSSR count). The van der Waals surface area contributed by atoms with Crippen LogP contribution in [0.2, 0.25) is 0 Å². The standard InChI is InChI=1S/C35H34N6O3/c1-21(38-34(43)44-2)32(42)41-35(16-4-3-5-17-35)33-39-28-14-11-25(19-30(28)40-33)23-8-6-22(7-9-23)24-10-13-27-26(18-24)12-15-29-31(27)37-20-36-29/h6-15,18-21H,3-5,16-17H2,1-2H3,(H,36,37)(H,38,43)(H,39,40)(H,41,42). The van der Waals surface area contributed by atoms with Gasteiger partial charge in [0.25, 0.3) is 0 Å². The van der Waals surface area contributed by atoms with Crippen molar-refractivity contribution >= 4 is 44.8 Å². The molecule has 2 heterocycles. The molecule has 1 unspecified atom stereocenters. The summed E-state index contributed by atoms with van der Waals surface area (Å²) in [4.78, 5) is 40.9. The second-order valence-electron chi connectivity index (χ2n) is 11.7. The van der Waals surface area contributed by atoms with Gasteiger partial charge in [-0.15, -0.1) is 0 Å². The van der Waals surface area contributed by atoms with Crippen molar-refractivity contribution < 1.29 is 14.3 Å². The SMILES string of the molecule is COC(=O)NC(C)C(=O)NC1(c2nc3ccc(-c4ccc(-c5ccc6c(ccc7[nH]cnc76)c5)cc4)cc3[nH]2)CCCCC1. The highest BCUT2D eigenvalue weighted by Gasteiger charge is 2.39. The monoisotopic (exact) mass is 586 g/mol. The molecule has 1 aliphatic rings. The van der Waals surface area contributed by atoms with Crippen molar-refractivity contribution in [3.8, 4) is 22.3 Å². The van der Waals surface area contributed by atoms with Crippen molar-refractivity contribution in [3.63, 3.8) is 0 Å². The van der Waals surface area contributed by atoms with Gasteiger partial charge in [0.05, 0.1) is 41.0 Å². The second kappa shape index (κ2) is 11.1. The first-order valence-electron chi connectivity index (χ1n) is 15.1. The summed E-state index contributed by atoms with van der Waals surface area (Å²) in [7, 11) is 1.28. The van der Waals surface area contributed by atoms with E-state index in [1.54, 1.807) is 13.3 Å². The van der Waals surface area contributed by atoms with E-state index in [2.05, 4.69) is 97.1 Å². The number of carbonyl (C=O) groups excluding carboxylic acids is 2. The van der Waals surface area contributed by atoms with Crippen molar-refractivity contribution in [3.05, 3.63) is 84.9 Å². The van der Waals surface area contributed by atoms with Gasteiger partial charge in [-0.2, -0.15) is 0 Å². The van der Waals surface area contributed by atoms with E-state index in [9.17, 15) is 9.59 Å². The average Bonchev–Trinajstić information content (AvgIpc) is 3.72. The number of methoxy groups -OCH3 is 1. The minimum Gasteiger partial charge on any atom is -0.453 e. The number of amides is 2. The number of rotatable bonds is 6. The van der Waals surface area contributed by atoms with Gasteiger partial charge >= 0.3 is 6.09 Å². The quantitative estimate of drug-likeness (QED) is 0.168. The van der Waals surface area contributed by atoms with Gasteiger partial charge in [0.15, 0.2) is 0 Å². The molecule has 9 heteroatoms. The Morgan fingerprint density at radius 1 is 0.864 bits per heavy atom. The van der Waals surface area contributed by atoms with Crippen molar-refractivity contribution in [1.29, 1.82) is 0 Å². The molecule has 2 aromatic heterocycles. The fraction of sp³-hybridized carbons (Fsp3) is 0.257. The fourth-order valence-corrected chi connectivity index (χ4v) is 6.41. The molecule has 0 aliphatic heterocycles. The lowest BCUT2D eigenvalue weighted by Crippen LogP contribution is -2.54. The highest BCUT2D eigenvalue weighted by atomic mass is 16.5. The number of nitrogens with one attached hydrogen (secondary N) is 4. The summed E-state index contributed by atoms with van der Waals surface area (Å²) in [5.74, 6) is 0.487.